The smallest absolute Gasteiger partial charge is 0.353 e. The minimum absolute atomic E-state index is 0.127. The first-order valence-corrected chi connectivity index (χ1v) is 8.85. The number of nitrogens with one attached hydrogen (secondary N) is 1. The van der Waals surface area contributed by atoms with Crippen molar-refractivity contribution in [2.45, 2.75) is 13.5 Å². The molecule has 0 bridgehead atoms. The van der Waals surface area contributed by atoms with E-state index in [4.69, 9.17) is 0 Å². The number of fused-ring (bicyclic) bond motifs is 1. The first-order valence-electron chi connectivity index (χ1n) is 8.85. The summed E-state index contributed by atoms with van der Waals surface area (Å²) in [6.45, 7) is 1.73. The second-order valence-electron chi connectivity index (χ2n) is 6.78. The molecule has 29 heavy (non-hydrogen) atoms. The topological polar surface area (TPSA) is 75.1 Å². The molecule has 0 aliphatic carbocycles. The number of aromatic amines is 1. The van der Waals surface area contributed by atoms with E-state index < -0.39 is 23.2 Å². The predicted octanol–water partition coefficient (Wildman–Crippen LogP) is 4.33. The number of hydrogen-bond donors (Lipinski definition) is 2. The molecule has 0 aliphatic heterocycles. The van der Waals surface area contributed by atoms with Crippen LogP contribution in [0.2, 0.25) is 0 Å². The van der Waals surface area contributed by atoms with Gasteiger partial charge in [-0.2, -0.15) is 0 Å². The van der Waals surface area contributed by atoms with Gasteiger partial charge in [0.15, 0.2) is 0 Å². The van der Waals surface area contributed by atoms with Crippen LogP contribution in [0.1, 0.15) is 21.6 Å². The highest BCUT2D eigenvalue weighted by molar-refractivity contribution is 6.08. The number of carboxylic acid groups (broad SMARTS) is 1. The number of hydrogen-bond acceptors (Lipinski definition) is 2. The fourth-order valence-electron chi connectivity index (χ4n) is 3.57. The zero-order valence-electron chi connectivity index (χ0n) is 15.4. The molecule has 0 saturated heterocycles. The Bertz CT molecular complexity index is 1320. The number of pyridine rings is 1. The number of aromatic nitrogens is 2. The fraction of sp³-hybridized carbons (Fsp3) is 0.0909. The van der Waals surface area contributed by atoms with Gasteiger partial charge in [-0.3, -0.25) is 4.79 Å². The normalized spacial score (nSPS) is 11.1. The van der Waals surface area contributed by atoms with E-state index in [-0.39, 0.29) is 28.9 Å². The van der Waals surface area contributed by atoms with E-state index >= 15 is 0 Å². The number of aryl methyl sites for hydroxylation is 1. The molecule has 0 spiro atoms. The third kappa shape index (κ3) is 3.20. The molecule has 0 saturated carbocycles. The van der Waals surface area contributed by atoms with E-state index in [9.17, 15) is 23.5 Å². The highest BCUT2D eigenvalue weighted by atomic mass is 19.1. The number of nitrogens with zero attached hydrogens (tertiary/aromatic N) is 1. The second kappa shape index (κ2) is 7.01. The molecule has 146 valence electrons. The number of aromatic carboxylic acids is 1. The average molecular weight is 394 g/mol. The Balaban J connectivity index is 2.07. The minimum atomic E-state index is -1.25. The minimum Gasteiger partial charge on any atom is -0.477 e. The van der Waals surface area contributed by atoms with Gasteiger partial charge in [-0.1, -0.05) is 17.7 Å². The maximum absolute atomic E-state index is 14.3. The van der Waals surface area contributed by atoms with Crippen molar-refractivity contribution >= 4 is 16.9 Å². The average Bonchev–Trinajstić information content (AvgIpc) is 2.98. The summed E-state index contributed by atoms with van der Waals surface area (Å²) in [4.78, 5) is 27.2. The van der Waals surface area contributed by atoms with E-state index in [1.165, 1.54) is 16.8 Å². The quantitative estimate of drug-likeness (QED) is 0.541. The molecule has 0 fully saturated rings. The lowest BCUT2D eigenvalue weighted by atomic mass is 10.0. The zero-order valence-corrected chi connectivity index (χ0v) is 15.4. The number of benzene rings is 2. The lowest BCUT2D eigenvalue weighted by molar-refractivity contribution is 0.0687. The van der Waals surface area contributed by atoms with Gasteiger partial charge < -0.3 is 14.7 Å². The summed E-state index contributed by atoms with van der Waals surface area (Å²) in [5.41, 5.74) is 1.47. The van der Waals surface area contributed by atoms with Gasteiger partial charge in [0.05, 0.1) is 6.54 Å². The first-order chi connectivity index (χ1) is 13.9. The standard InChI is InChI=1S/C22H16F2N2O3/c1-12-4-7-18-16(9-12)19(15-3-2-8-25-21(15)27)20(22(28)29)26(18)11-13-5-6-14(23)10-17(13)24/h2-10H,11H2,1H3,(H,25,27)(H,28,29). The highest BCUT2D eigenvalue weighted by Gasteiger charge is 2.25. The predicted molar refractivity (Wildman–Crippen MR) is 105 cm³/mol. The Morgan fingerprint density at radius 1 is 1.14 bits per heavy atom. The van der Waals surface area contributed by atoms with Crippen LogP contribution >= 0.6 is 0 Å². The van der Waals surface area contributed by atoms with Gasteiger partial charge in [0.1, 0.15) is 17.3 Å². The number of carbonyl (C=O) groups is 1. The van der Waals surface area contributed by atoms with E-state index in [1.54, 1.807) is 24.3 Å². The van der Waals surface area contributed by atoms with Crippen molar-refractivity contribution in [1.82, 2.24) is 9.55 Å². The van der Waals surface area contributed by atoms with Gasteiger partial charge in [0.25, 0.3) is 5.56 Å². The molecule has 2 aromatic heterocycles. The lowest BCUT2D eigenvalue weighted by Crippen LogP contribution is -2.14. The van der Waals surface area contributed by atoms with Crippen LogP contribution < -0.4 is 5.56 Å². The summed E-state index contributed by atoms with van der Waals surface area (Å²) in [5, 5.41) is 10.5. The largest absolute Gasteiger partial charge is 0.477 e. The molecular formula is C22H16F2N2O3. The van der Waals surface area contributed by atoms with Gasteiger partial charge in [-0.05, 0) is 37.3 Å². The van der Waals surface area contributed by atoms with Gasteiger partial charge in [-0.15, -0.1) is 0 Å². The van der Waals surface area contributed by atoms with E-state index in [0.29, 0.717) is 10.9 Å². The Morgan fingerprint density at radius 3 is 2.62 bits per heavy atom. The van der Waals surface area contributed by atoms with Crippen molar-refractivity contribution in [3.8, 4) is 11.1 Å². The van der Waals surface area contributed by atoms with Gasteiger partial charge in [0.2, 0.25) is 0 Å². The van der Waals surface area contributed by atoms with Crippen molar-refractivity contribution in [2.75, 3.05) is 0 Å². The monoisotopic (exact) mass is 394 g/mol. The fourth-order valence-corrected chi connectivity index (χ4v) is 3.57. The van der Waals surface area contributed by atoms with Crippen LogP contribution in [0.3, 0.4) is 0 Å². The lowest BCUT2D eigenvalue weighted by Gasteiger charge is -2.10. The maximum atomic E-state index is 14.3. The third-order valence-electron chi connectivity index (χ3n) is 4.85. The number of halogens is 2. The van der Waals surface area contributed by atoms with Crippen molar-refractivity contribution in [3.05, 3.63) is 93.5 Å². The van der Waals surface area contributed by atoms with Crippen LogP contribution in [0.5, 0.6) is 0 Å². The Morgan fingerprint density at radius 2 is 1.93 bits per heavy atom. The second-order valence-corrected chi connectivity index (χ2v) is 6.78. The van der Waals surface area contributed by atoms with Crippen LogP contribution in [0.15, 0.2) is 59.5 Å². The number of rotatable bonds is 4. The van der Waals surface area contributed by atoms with Crippen LogP contribution in [0.25, 0.3) is 22.0 Å². The molecule has 0 aliphatic rings. The van der Waals surface area contributed by atoms with Crippen LogP contribution in [-0.4, -0.2) is 20.6 Å². The summed E-state index contributed by atoms with van der Waals surface area (Å²) in [6.07, 6.45) is 1.46. The molecule has 2 heterocycles. The molecular weight excluding hydrogens is 378 g/mol. The summed E-state index contributed by atoms with van der Waals surface area (Å²) in [5.74, 6) is -2.73. The van der Waals surface area contributed by atoms with Crippen molar-refractivity contribution in [3.63, 3.8) is 0 Å². The maximum Gasteiger partial charge on any atom is 0.353 e. The number of carboxylic acids is 1. The van der Waals surface area contributed by atoms with Crippen molar-refractivity contribution in [1.29, 1.82) is 0 Å². The first kappa shape index (κ1) is 18.6. The van der Waals surface area contributed by atoms with Crippen LogP contribution in [0.4, 0.5) is 8.78 Å². The molecule has 4 aromatic rings. The Labute approximate surface area is 163 Å². The van der Waals surface area contributed by atoms with E-state index in [0.717, 1.165) is 17.7 Å². The molecule has 5 nitrogen and oxygen atoms in total. The summed E-state index contributed by atoms with van der Waals surface area (Å²) in [7, 11) is 0. The Hall–Kier alpha value is -3.74. The number of H-pyrrole nitrogens is 1. The summed E-state index contributed by atoms with van der Waals surface area (Å²) >= 11 is 0. The van der Waals surface area contributed by atoms with Crippen LogP contribution in [-0.2, 0) is 6.54 Å². The zero-order chi connectivity index (χ0) is 20.7. The molecule has 4 rings (SSSR count). The SMILES string of the molecule is Cc1ccc2c(c1)c(-c1ccc[nH]c1=O)c(C(=O)O)n2Cc1ccc(F)cc1F. The molecule has 7 heteroatoms. The highest BCUT2D eigenvalue weighted by Crippen LogP contribution is 2.35. The molecule has 0 atom stereocenters. The van der Waals surface area contributed by atoms with Gasteiger partial charge in [-0.25, -0.2) is 13.6 Å². The summed E-state index contributed by atoms with van der Waals surface area (Å²) in [6, 6.07) is 11.7. The van der Waals surface area contributed by atoms with Gasteiger partial charge in [0, 0.05) is 39.9 Å². The van der Waals surface area contributed by atoms with E-state index in [1.807, 2.05) is 13.0 Å². The van der Waals surface area contributed by atoms with Crippen molar-refractivity contribution < 1.29 is 18.7 Å². The summed E-state index contributed by atoms with van der Waals surface area (Å²) < 4.78 is 29.0. The van der Waals surface area contributed by atoms with Crippen LogP contribution in [0, 0.1) is 18.6 Å². The molecule has 2 N–H and O–H groups in total. The molecule has 0 radical (unpaired) electrons. The molecule has 0 unspecified atom stereocenters. The van der Waals surface area contributed by atoms with Gasteiger partial charge >= 0.3 is 5.97 Å². The van der Waals surface area contributed by atoms with E-state index in [2.05, 4.69) is 4.98 Å². The molecule has 2 aromatic carbocycles. The Kier molecular flexibility index (Phi) is 4.50. The molecule has 0 amide bonds. The van der Waals surface area contributed by atoms with Crippen molar-refractivity contribution in [2.24, 2.45) is 0 Å². The third-order valence-corrected chi connectivity index (χ3v) is 4.85.